The lowest BCUT2D eigenvalue weighted by atomic mass is 10.0. The molecule has 1 aromatic heterocycles. The van der Waals surface area contributed by atoms with E-state index in [2.05, 4.69) is 15.3 Å². The van der Waals surface area contributed by atoms with Crippen molar-refractivity contribution in [2.24, 2.45) is 0 Å². The highest BCUT2D eigenvalue weighted by Gasteiger charge is 2.40. The van der Waals surface area contributed by atoms with Crippen LogP contribution in [0.4, 0.5) is 10.2 Å². The Bertz CT molecular complexity index is 445. The van der Waals surface area contributed by atoms with Crippen LogP contribution in [0.2, 0.25) is 0 Å². The first kappa shape index (κ1) is 14.2. The summed E-state index contributed by atoms with van der Waals surface area (Å²) in [5.74, 6) is 0.549. The van der Waals surface area contributed by atoms with E-state index < -0.39 is 5.60 Å². The van der Waals surface area contributed by atoms with Gasteiger partial charge in [-0.2, -0.15) is 0 Å². The molecular weight excluding hydrogens is 245 g/mol. The van der Waals surface area contributed by atoms with Gasteiger partial charge in [0.25, 0.3) is 0 Å². The minimum atomic E-state index is -0.419. The van der Waals surface area contributed by atoms with Gasteiger partial charge in [0.1, 0.15) is 5.60 Å². The minimum absolute atomic E-state index is 0.288. The molecule has 0 aliphatic heterocycles. The highest BCUT2D eigenvalue weighted by atomic mass is 19.1. The zero-order valence-corrected chi connectivity index (χ0v) is 11.9. The summed E-state index contributed by atoms with van der Waals surface area (Å²) >= 11 is 0. The fraction of sp³-hybridized carbons (Fsp3) is 0.714. The Hall–Kier alpha value is -1.23. The summed E-state index contributed by atoms with van der Waals surface area (Å²) in [6.45, 7) is 6.83. The van der Waals surface area contributed by atoms with E-state index in [-0.39, 0.29) is 11.6 Å². The molecule has 5 heteroatoms. The Kier molecular flexibility index (Phi) is 4.34. The maximum Gasteiger partial charge on any atom is 0.186 e. The summed E-state index contributed by atoms with van der Waals surface area (Å²) in [6.07, 6.45) is 4.04. The molecule has 0 radical (unpaired) electrons. The summed E-state index contributed by atoms with van der Waals surface area (Å²) in [6, 6.07) is 0. The second-order valence-corrected chi connectivity index (χ2v) is 4.96. The number of anilines is 1. The molecule has 0 amide bonds. The lowest BCUT2D eigenvalue weighted by Gasteiger charge is -2.28. The van der Waals surface area contributed by atoms with Gasteiger partial charge in [-0.3, -0.25) is 0 Å². The third kappa shape index (κ3) is 2.71. The van der Waals surface area contributed by atoms with E-state index in [0.717, 1.165) is 25.7 Å². The summed E-state index contributed by atoms with van der Waals surface area (Å²) < 4.78 is 19.9. The predicted octanol–water partition coefficient (Wildman–Crippen LogP) is 3.16. The van der Waals surface area contributed by atoms with Crippen LogP contribution in [0.25, 0.3) is 0 Å². The van der Waals surface area contributed by atoms with Crippen molar-refractivity contribution in [3.63, 3.8) is 0 Å². The van der Waals surface area contributed by atoms with E-state index in [4.69, 9.17) is 4.74 Å². The molecule has 0 saturated heterocycles. The van der Waals surface area contributed by atoms with E-state index in [1.54, 1.807) is 6.92 Å². The monoisotopic (exact) mass is 267 g/mol. The third-order valence-corrected chi connectivity index (χ3v) is 3.60. The summed E-state index contributed by atoms with van der Waals surface area (Å²) in [4.78, 5) is 8.71. The van der Waals surface area contributed by atoms with Crippen molar-refractivity contribution in [3.05, 3.63) is 17.3 Å². The zero-order chi connectivity index (χ0) is 13.9. The van der Waals surface area contributed by atoms with Crippen molar-refractivity contribution < 1.29 is 9.13 Å². The van der Waals surface area contributed by atoms with Gasteiger partial charge in [-0.25, -0.2) is 14.4 Å². The third-order valence-electron chi connectivity index (χ3n) is 3.60. The van der Waals surface area contributed by atoms with Crippen molar-refractivity contribution in [2.75, 3.05) is 18.5 Å². The first-order valence-electron chi connectivity index (χ1n) is 7.05. The highest BCUT2D eigenvalue weighted by molar-refractivity contribution is 5.38. The van der Waals surface area contributed by atoms with Crippen LogP contribution < -0.4 is 5.32 Å². The van der Waals surface area contributed by atoms with Crippen molar-refractivity contribution in [3.8, 4) is 0 Å². The number of aromatic nitrogens is 2. The predicted molar refractivity (Wildman–Crippen MR) is 72.7 cm³/mol. The molecule has 19 heavy (non-hydrogen) atoms. The van der Waals surface area contributed by atoms with Crippen LogP contribution in [0.5, 0.6) is 0 Å². The SMILES string of the molecule is CCNc1nc(C2(OCC)CCCC2)nc(C)c1F. The van der Waals surface area contributed by atoms with Crippen LogP contribution in [0.1, 0.15) is 51.0 Å². The van der Waals surface area contributed by atoms with Gasteiger partial charge in [-0.1, -0.05) is 0 Å². The summed E-state index contributed by atoms with van der Waals surface area (Å²) in [5.41, 5.74) is -0.0378. The van der Waals surface area contributed by atoms with Crippen molar-refractivity contribution in [1.82, 2.24) is 9.97 Å². The van der Waals surface area contributed by atoms with E-state index in [1.807, 2.05) is 13.8 Å². The molecule has 1 N–H and O–H groups in total. The molecule has 1 heterocycles. The summed E-state index contributed by atoms with van der Waals surface area (Å²) in [7, 11) is 0. The average Bonchev–Trinajstić information content (AvgIpc) is 2.85. The lowest BCUT2D eigenvalue weighted by molar-refractivity contribution is -0.0458. The highest BCUT2D eigenvalue weighted by Crippen LogP contribution is 2.41. The van der Waals surface area contributed by atoms with Gasteiger partial charge in [0, 0.05) is 13.2 Å². The van der Waals surface area contributed by atoms with E-state index in [0.29, 0.717) is 24.7 Å². The Balaban J connectivity index is 2.42. The molecule has 1 fully saturated rings. The van der Waals surface area contributed by atoms with Gasteiger partial charge in [-0.05, 0) is 46.5 Å². The number of halogens is 1. The fourth-order valence-corrected chi connectivity index (χ4v) is 2.70. The van der Waals surface area contributed by atoms with Crippen LogP contribution in [0, 0.1) is 12.7 Å². The number of hydrogen-bond acceptors (Lipinski definition) is 4. The van der Waals surface area contributed by atoms with Crippen LogP contribution >= 0.6 is 0 Å². The number of ether oxygens (including phenoxy) is 1. The first-order valence-corrected chi connectivity index (χ1v) is 7.05. The number of nitrogens with one attached hydrogen (secondary N) is 1. The van der Waals surface area contributed by atoms with Gasteiger partial charge in [0.15, 0.2) is 17.5 Å². The number of nitrogens with zero attached hydrogens (tertiary/aromatic N) is 2. The molecule has 1 aliphatic rings. The van der Waals surface area contributed by atoms with Crippen molar-refractivity contribution >= 4 is 5.82 Å². The number of aryl methyl sites for hydroxylation is 1. The molecule has 0 spiro atoms. The molecule has 0 bridgehead atoms. The molecule has 1 aromatic rings. The van der Waals surface area contributed by atoms with Gasteiger partial charge in [-0.15, -0.1) is 0 Å². The molecule has 1 saturated carbocycles. The number of hydrogen-bond donors (Lipinski definition) is 1. The largest absolute Gasteiger partial charge is 0.368 e. The minimum Gasteiger partial charge on any atom is -0.368 e. The van der Waals surface area contributed by atoms with Crippen LogP contribution in [-0.2, 0) is 10.3 Å². The first-order chi connectivity index (χ1) is 9.13. The topological polar surface area (TPSA) is 47.0 Å². The van der Waals surface area contributed by atoms with E-state index in [1.165, 1.54) is 0 Å². The normalized spacial score (nSPS) is 17.7. The van der Waals surface area contributed by atoms with Gasteiger partial charge in [0.05, 0.1) is 5.69 Å². The lowest BCUT2D eigenvalue weighted by Crippen LogP contribution is -2.30. The van der Waals surface area contributed by atoms with Crippen molar-refractivity contribution in [2.45, 2.75) is 52.1 Å². The van der Waals surface area contributed by atoms with Crippen molar-refractivity contribution in [1.29, 1.82) is 0 Å². The van der Waals surface area contributed by atoms with Crippen LogP contribution in [0.3, 0.4) is 0 Å². The second-order valence-electron chi connectivity index (χ2n) is 4.96. The standard InChI is InChI=1S/C14H22FN3O/c1-4-16-12-11(15)10(3)17-13(18-12)14(19-5-2)8-6-7-9-14/h4-9H2,1-3H3,(H,16,17,18). The molecular formula is C14H22FN3O. The quantitative estimate of drug-likeness (QED) is 0.890. The van der Waals surface area contributed by atoms with Gasteiger partial charge in [0.2, 0.25) is 0 Å². The molecule has 4 nitrogen and oxygen atoms in total. The van der Waals surface area contributed by atoms with Crippen LogP contribution in [0.15, 0.2) is 0 Å². The second kappa shape index (κ2) is 5.82. The molecule has 0 atom stereocenters. The summed E-state index contributed by atoms with van der Waals surface area (Å²) in [5, 5.41) is 2.96. The Morgan fingerprint density at radius 1 is 1.26 bits per heavy atom. The molecule has 0 aromatic carbocycles. The maximum atomic E-state index is 13.9. The Morgan fingerprint density at radius 2 is 1.95 bits per heavy atom. The van der Waals surface area contributed by atoms with Crippen LogP contribution in [-0.4, -0.2) is 23.1 Å². The van der Waals surface area contributed by atoms with E-state index in [9.17, 15) is 4.39 Å². The molecule has 1 aliphatic carbocycles. The maximum absolute atomic E-state index is 13.9. The Labute approximate surface area is 113 Å². The van der Waals surface area contributed by atoms with Gasteiger partial charge < -0.3 is 10.1 Å². The average molecular weight is 267 g/mol. The Morgan fingerprint density at radius 3 is 2.53 bits per heavy atom. The van der Waals surface area contributed by atoms with E-state index >= 15 is 0 Å². The van der Waals surface area contributed by atoms with Gasteiger partial charge >= 0.3 is 0 Å². The molecule has 2 rings (SSSR count). The molecule has 0 unspecified atom stereocenters. The fourth-order valence-electron chi connectivity index (χ4n) is 2.70. The smallest absolute Gasteiger partial charge is 0.186 e. The number of rotatable bonds is 5. The molecule has 106 valence electrons. The zero-order valence-electron chi connectivity index (χ0n) is 11.9.